The maximum absolute atomic E-state index is 5.72. The molecule has 0 amide bonds. The summed E-state index contributed by atoms with van der Waals surface area (Å²) in [5, 5.41) is 3.57. The van der Waals surface area contributed by atoms with Crippen LogP contribution in [0, 0.1) is 17.8 Å². The van der Waals surface area contributed by atoms with E-state index in [1.165, 1.54) is 57.8 Å². The van der Waals surface area contributed by atoms with Crippen LogP contribution < -0.4 is 5.32 Å². The summed E-state index contributed by atoms with van der Waals surface area (Å²) in [7, 11) is 2.16. The number of nitrogens with one attached hydrogen (secondary N) is 1. The molecule has 0 aromatic carbocycles. The lowest BCUT2D eigenvalue weighted by molar-refractivity contribution is 0.101. The fourth-order valence-electron chi connectivity index (χ4n) is 4.87. The molecule has 0 aromatic rings. The van der Waals surface area contributed by atoms with Crippen molar-refractivity contribution in [2.45, 2.75) is 76.4 Å². The average Bonchev–Trinajstić information content (AvgIpc) is 3.14. The Morgan fingerprint density at radius 2 is 2.16 bits per heavy atom. The predicted octanol–water partition coefficient (Wildman–Crippen LogP) is 3.75. The Balaban J connectivity index is 1.35. The average molecular weight is 265 g/mol. The highest BCUT2D eigenvalue weighted by Gasteiger charge is 2.39. The van der Waals surface area contributed by atoms with Gasteiger partial charge in [-0.1, -0.05) is 6.42 Å². The number of hydrogen-bond donors (Lipinski definition) is 1. The van der Waals surface area contributed by atoms with E-state index < -0.39 is 0 Å². The minimum absolute atomic E-state index is 0.583. The van der Waals surface area contributed by atoms with E-state index in [2.05, 4.69) is 12.4 Å². The molecule has 0 spiro atoms. The van der Waals surface area contributed by atoms with Crippen LogP contribution in [0.1, 0.15) is 64.2 Å². The van der Waals surface area contributed by atoms with Gasteiger partial charge in [0.05, 0.1) is 6.10 Å². The molecule has 0 aromatic heterocycles. The van der Waals surface area contributed by atoms with E-state index in [0.717, 1.165) is 30.4 Å². The van der Waals surface area contributed by atoms with E-state index in [1.54, 1.807) is 6.42 Å². The van der Waals surface area contributed by atoms with Crippen molar-refractivity contribution >= 4 is 0 Å². The van der Waals surface area contributed by atoms with E-state index in [1.807, 2.05) is 0 Å². The number of rotatable bonds is 7. The first kappa shape index (κ1) is 13.9. The van der Waals surface area contributed by atoms with Crippen LogP contribution in [0.25, 0.3) is 0 Å². The molecule has 1 heterocycles. The van der Waals surface area contributed by atoms with Gasteiger partial charge in [-0.15, -0.1) is 0 Å². The Kier molecular flexibility index (Phi) is 4.81. The fraction of sp³-hybridized carbons (Fsp3) is 1.00. The van der Waals surface area contributed by atoms with Gasteiger partial charge in [-0.2, -0.15) is 0 Å². The SMILES string of the molecule is CNC(CCCC1CCCO1)CC1CC2CCC1C2. The fourth-order valence-corrected chi connectivity index (χ4v) is 4.87. The van der Waals surface area contributed by atoms with Crippen LogP contribution in [0.2, 0.25) is 0 Å². The van der Waals surface area contributed by atoms with Gasteiger partial charge in [0.2, 0.25) is 0 Å². The minimum Gasteiger partial charge on any atom is -0.378 e. The summed E-state index contributed by atoms with van der Waals surface area (Å²) < 4.78 is 5.72. The topological polar surface area (TPSA) is 21.3 Å². The number of ether oxygens (including phenoxy) is 1. The summed E-state index contributed by atoms with van der Waals surface area (Å²) in [4.78, 5) is 0. The van der Waals surface area contributed by atoms with Gasteiger partial charge in [-0.25, -0.2) is 0 Å². The smallest absolute Gasteiger partial charge is 0.0576 e. The number of hydrogen-bond acceptors (Lipinski definition) is 2. The first-order chi connectivity index (χ1) is 9.35. The van der Waals surface area contributed by atoms with Gasteiger partial charge < -0.3 is 10.1 Å². The van der Waals surface area contributed by atoms with Gasteiger partial charge >= 0.3 is 0 Å². The van der Waals surface area contributed by atoms with Crippen molar-refractivity contribution in [2.75, 3.05) is 13.7 Å². The third-order valence-corrected chi connectivity index (χ3v) is 5.98. The highest BCUT2D eigenvalue weighted by atomic mass is 16.5. The highest BCUT2D eigenvalue weighted by molar-refractivity contribution is 4.91. The van der Waals surface area contributed by atoms with Crippen molar-refractivity contribution in [3.05, 3.63) is 0 Å². The molecule has 2 nitrogen and oxygen atoms in total. The molecular formula is C17H31NO. The van der Waals surface area contributed by atoms with Gasteiger partial charge in [-0.3, -0.25) is 0 Å². The lowest BCUT2D eigenvalue weighted by Crippen LogP contribution is -2.29. The maximum atomic E-state index is 5.72. The van der Waals surface area contributed by atoms with Crippen molar-refractivity contribution in [1.82, 2.24) is 5.32 Å². The van der Waals surface area contributed by atoms with Crippen LogP contribution >= 0.6 is 0 Å². The van der Waals surface area contributed by atoms with Crippen LogP contribution in [0.4, 0.5) is 0 Å². The van der Waals surface area contributed by atoms with E-state index in [9.17, 15) is 0 Å². The molecule has 5 unspecified atom stereocenters. The molecule has 2 aliphatic carbocycles. The Labute approximate surface area is 118 Å². The first-order valence-electron chi connectivity index (χ1n) is 8.64. The molecule has 2 saturated carbocycles. The summed E-state index contributed by atoms with van der Waals surface area (Å²) in [5.74, 6) is 3.22. The van der Waals surface area contributed by atoms with Gasteiger partial charge in [0.1, 0.15) is 0 Å². The molecule has 1 aliphatic heterocycles. The molecule has 5 atom stereocenters. The summed E-state index contributed by atoms with van der Waals surface area (Å²) in [5.41, 5.74) is 0. The second-order valence-electron chi connectivity index (χ2n) is 7.22. The van der Waals surface area contributed by atoms with Gasteiger partial charge in [0.15, 0.2) is 0 Å². The Morgan fingerprint density at radius 3 is 2.79 bits per heavy atom. The Hall–Kier alpha value is -0.0800. The number of fused-ring (bicyclic) bond motifs is 2. The van der Waals surface area contributed by atoms with Gasteiger partial charge in [0.25, 0.3) is 0 Å². The third kappa shape index (κ3) is 3.52. The molecule has 2 heteroatoms. The Bertz CT molecular complexity index is 274. The summed E-state index contributed by atoms with van der Waals surface area (Å²) >= 11 is 0. The van der Waals surface area contributed by atoms with Crippen LogP contribution in [0.15, 0.2) is 0 Å². The molecule has 19 heavy (non-hydrogen) atoms. The molecule has 3 rings (SSSR count). The molecule has 1 saturated heterocycles. The largest absolute Gasteiger partial charge is 0.378 e. The van der Waals surface area contributed by atoms with Crippen molar-refractivity contribution in [3.8, 4) is 0 Å². The first-order valence-corrected chi connectivity index (χ1v) is 8.64. The molecule has 3 aliphatic rings. The van der Waals surface area contributed by atoms with Gasteiger partial charge in [0, 0.05) is 12.6 Å². The maximum Gasteiger partial charge on any atom is 0.0576 e. The molecule has 2 bridgehead atoms. The predicted molar refractivity (Wildman–Crippen MR) is 79.2 cm³/mol. The van der Waals surface area contributed by atoms with Crippen LogP contribution in [0.3, 0.4) is 0 Å². The molecule has 1 N–H and O–H groups in total. The van der Waals surface area contributed by atoms with Crippen molar-refractivity contribution < 1.29 is 4.74 Å². The molecule has 3 fully saturated rings. The van der Waals surface area contributed by atoms with E-state index in [-0.39, 0.29) is 0 Å². The molecule has 110 valence electrons. The lowest BCUT2D eigenvalue weighted by Gasteiger charge is -2.26. The second-order valence-corrected chi connectivity index (χ2v) is 7.22. The standard InChI is InChI=1S/C17H31NO/c1-18-16(4-2-5-17-6-3-9-19-17)12-15-11-13-7-8-14(15)10-13/h13-18H,2-12H2,1H3. The quantitative estimate of drug-likeness (QED) is 0.757. The van der Waals surface area contributed by atoms with Crippen molar-refractivity contribution in [1.29, 1.82) is 0 Å². The van der Waals surface area contributed by atoms with Crippen molar-refractivity contribution in [2.24, 2.45) is 17.8 Å². The Morgan fingerprint density at radius 1 is 1.21 bits per heavy atom. The van der Waals surface area contributed by atoms with Crippen molar-refractivity contribution in [3.63, 3.8) is 0 Å². The zero-order valence-electron chi connectivity index (χ0n) is 12.6. The summed E-state index contributed by atoms with van der Waals surface area (Å²) in [6, 6.07) is 0.755. The third-order valence-electron chi connectivity index (χ3n) is 5.98. The van der Waals surface area contributed by atoms with E-state index in [4.69, 9.17) is 4.74 Å². The zero-order chi connectivity index (χ0) is 13.1. The minimum atomic E-state index is 0.583. The molecular weight excluding hydrogens is 234 g/mol. The summed E-state index contributed by atoms with van der Waals surface area (Å²) in [6.45, 7) is 1.01. The normalized spacial score (nSPS) is 39.0. The monoisotopic (exact) mass is 265 g/mol. The van der Waals surface area contributed by atoms with E-state index in [0.29, 0.717) is 6.10 Å². The van der Waals surface area contributed by atoms with E-state index >= 15 is 0 Å². The van der Waals surface area contributed by atoms with Gasteiger partial charge in [-0.05, 0) is 82.6 Å². The zero-order valence-corrected chi connectivity index (χ0v) is 12.6. The lowest BCUT2D eigenvalue weighted by atomic mass is 9.83. The molecule has 0 radical (unpaired) electrons. The van der Waals surface area contributed by atoms with Crippen LogP contribution in [-0.2, 0) is 4.74 Å². The summed E-state index contributed by atoms with van der Waals surface area (Å²) in [6.07, 6.45) is 14.7. The highest BCUT2D eigenvalue weighted by Crippen LogP contribution is 2.50. The van der Waals surface area contributed by atoms with Crippen LogP contribution in [0.5, 0.6) is 0 Å². The second kappa shape index (κ2) is 6.58. The van der Waals surface area contributed by atoms with Crippen LogP contribution in [-0.4, -0.2) is 25.8 Å².